The van der Waals surface area contributed by atoms with E-state index in [0.29, 0.717) is 28.9 Å². The summed E-state index contributed by atoms with van der Waals surface area (Å²) in [6.45, 7) is 9.25. The number of quaternary nitrogens is 1. The lowest BCUT2D eigenvalue weighted by Crippen LogP contribution is -3.14. The number of morpholine rings is 1. The number of nitrogens with zero attached hydrogens (tertiary/aromatic N) is 2. The summed E-state index contributed by atoms with van der Waals surface area (Å²) in [5.41, 5.74) is 0.382. The average Bonchev–Trinajstić information content (AvgIpc) is 2.96. The first-order valence-corrected chi connectivity index (χ1v) is 9.50. The highest BCUT2D eigenvalue weighted by Gasteiger charge is 2.21. The van der Waals surface area contributed by atoms with Crippen molar-refractivity contribution in [2.45, 2.75) is 26.8 Å². The molecule has 2 aromatic heterocycles. The molecule has 3 rings (SSSR count). The standard InChI is InChI=1S/C17H23N3O4S/c1-3-24-17(22)15-14-13(12(2)25-15)16(21)20(11-18-14)6-4-5-19-7-9-23-10-8-19/h11H,3-10H2,1-2H3/p+1. The van der Waals surface area contributed by atoms with E-state index in [9.17, 15) is 9.59 Å². The quantitative estimate of drug-likeness (QED) is 0.742. The van der Waals surface area contributed by atoms with Gasteiger partial charge in [-0.3, -0.25) is 9.36 Å². The van der Waals surface area contributed by atoms with Gasteiger partial charge in [0, 0.05) is 17.8 Å². The summed E-state index contributed by atoms with van der Waals surface area (Å²) in [5.74, 6) is -0.411. The number of esters is 1. The SMILES string of the molecule is CCOC(=O)c1sc(C)c2c(=O)n(CCC[NH+]3CCOCC3)cnc12. The van der Waals surface area contributed by atoms with E-state index in [1.54, 1.807) is 17.8 Å². The van der Waals surface area contributed by atoms with Gasteiger partial charge in [-0.1, -0.05) is 0 Å². The van der Waals surface area contributed by atoms with Crippen molar-refractivity contribution in [2.75, 3.05) is 39.5 Å². The Morgan fingerprint density at radius 2 is 2.20 bits per heavy atom. The van der Waals surface area contributed by atoms with E-state index in [-0.39, 0.29) is 5.56 Å². The highest BCUT2D eigenvalue weighted by atomic mass is 32.1. The summed E-state index contributed by atoms with van der Waals surface area (Å²) in [6, 6.07) is 0. The number of aryl methyl sites for hydroxylation is 2. The highest BCUT2D eigenvalue weighted by Crippen LogP contribution is 2.27. The van der Waals surface area contributed by atoms with Gasteiger partial charge < -0.3 is 14.4 Å². The van der Waals surface area contributed by atoms with Crippen LogP contribution in [-0.4, -0.2) is 55.0 Å². The van der Waals surface area contributed by atoms with Crippen molar-refractivity contribution in [1.82, 2.24) is 9.55 Å². The van der Waals surface area contributed by atoms with Crippen LogP contribution in [0.4, 0.5) is 0 Å². The van der Waals surface area contributed by atoms with Crippen LogP contribution in [0.1, 0.15) is 27.9 Å². The molecule has 25 heavy (non-hydrogen) atoms. The predicted molar refractivity (Wildman–Crippen MR) is 95.6 cm³/mol. The van der Waals surface area contributed by atoms with Gasteiger partial charge in [-0.05, 0) is 13.8 Å². The van der Waals surface area contributed by atoms with Crippen LogP contribution in [0.3, 0.4) is 0 Å². The van der Waals surface area contributed by atoms with Crippen LogP contribution in [0.2, 0.25) is 0 Å². The Kier molecular flexibility index (Phi) is 5.82. The molecule has 0 amide bonds. The Labute approximate surface area is 150 Å². The third kappa shape index (κ3) is 3.91. The van der Waals surface area contributed by atoms with Crippen LogP contribution in [0, 0.1) is 6.92 Å². The zero-order chi connectivity index (χ0) is 17.8. The molecule has 0 aromatic carbocycles. The van der Waals surface area contributed by atoms with E-state index in [0.717, 1.165) is 44.1 Å². The molecule has 0 bridgehead atoms. The largest absolute Gasteiger partial charge is 0.462 e. The Morgan fingerprint density at radius 3 is 2.92 bits per heavy atom. The Hall–Kier alpha value is -1.77. The summed E-state index contributed by atoms with van der Waals surface area (Å²) in [6.07, 6.45) is 2.46. The molecule has 1 saturated heterocycles. The van der Waals surface area contributed by atoms with E-state index in [1.165, 1.54) is 16.2 Å². The van der Waals surface area contributed by atoms with Crippen molar-refractivity contribution in [3.63, 3.8) is 0 Å². The van der Waals surface area contributed by atoms with Gasteiger partial charge in [-0.25, -0.2) is 9.78 Å². The van der Waals surface area contributed by atoms with Crippen molar-refractivity contribution in [3.8, 4) is 0 Å². The summed E-state index contributed by atoms with van der Waals surface area (Å²) < 4.78 is 12.1. The topological polar surface area (TPSA) is 74.9 Å². The number of nitrogens with one attached hydrogen (secondary N) is 1. The monoisotopic (exact) mass is 366 g/mol. The van der Waals surface area contributed by atoms with Gasteiger partial charge in [-0.15, -0.1) is 11.3 Å². The molecular formula is C17H24N3O4S+. The zero-order valence-corrected chi connectivity index (χ0v) is 15.5. The second-order valence-electron chi connectivity index (χ2n) is 6.14. The molecule has 0 aliphatic carbocycles. The molecule has 0 spiro atoms. The molecule has 136 valence electrons. The lowest BCUT2D eigenvalue weighted by molar-refractivity contribution is -0.908. The molecule has 1 fully saturated rings. The molecule has 2 aromatic rings. The third-order valence-electron chi connectivity index (χ3n) is 4.45. The Bertz CT molecular complexity index is 808. The van der Waals surface area contributed by atoms with Gasteiger partial charge >= 0.3 is 5.97 Å². The first-order chi connectivity index (χ1) is 12.1. The van der Waals surface area contributed by atoms with Crippen LogP contribution in [0.25, 0.3) is 10.9 Å². The number of hydrogen-bond acceptors (Lipinski definition) is 6. The van der Waals surface area contributed by atoms with E-state index in [4.69, 9.17) is 9.47 Å². The first kappa shape index (κ1) is 18.0. The van der Waals surface area contributed by atoms with Crippen LogP contribution in [-0.2, 0) is 16.0 Å². The number of ether oxygens (including phenoxy) is 2. The van der Waals surface area contributed by atoms with Gasteiger partial charge in [0.05, 0.1) is 38.1 Å². The van der Waals surface area contributed by atoms with Crippen LogP contribution in [0.5, 0.6) is 0 Å². The molecule has 1 aliphatic rings. The Morgan fingerprint density at radius 1 is 1.44 bits per heavy atom. The molecule has 0 radical (unpaired) electrons. The summed E-state index contributed by atoms with van der Waals surface area (Å²) in [7, 11) is 0. The number of aromatic nitrogens is 2. The van der Waals surface area contributed by atoms with Crippen LogP contribution >= 0.6 is 11.3 Å². The fourth-order valence-electron chi connectivity index (χ4n) is 3.13. The predicted octanol–water partition coefficient (Wildman–Crippen LogP) is 0.248. The van der Waals surface area contributed by atoms with Gasteiger partial charge in [-0.2, -0.15) is 0 Å². The second-order valence-corrected chi connectivity index (χ2v) is 7.37. The molecule has 8 heteroatoms. The van der Waals surface area contributed by atoms with E-state index in [1.807, 2.05) is 6.92 Å². The molecule has 7 nitrogen and oxygen atoms in total. The lowest BCUT2D eigenvalue weighted by atomic mass is 10.2. The number of fused-ring (bicyclic) bond motifs is 1. The molecule has 0 saturated carbocycles. The molecule has 0 atom stereocenters. The maximum atomic E-state index is 12.8. The van der Waals surface area contributed by atoms with Crippen LogP contribution in [0.15, 0.2) is 11.1 Å². The molecule has 1 aliphatic heterocycles. The van der Waals surface area contributed by atoms with Crippen molar-refractivity contribution < 1.29 is 19.2 Å². The molecule has 3 heterocycles. The smallest absolute Gasteiger partial charge is 0.350 e. The first-order valence-electron chi connectivity index (χ1n) is 8.68. The number of rotatable bonds is 6. The number of hydrogen-bond donors (Lipinski definition) is 1. The van der Waals surface area contributed by atoms with Gasteiger partial charge in [0.1, 0.15) is 23.5 Å². The highest BCUT2D eigenvalue weighted by molar-refractivity contribution is 7.15. The minimum atomic E-state index is -0.411. The molecular weight excluding hydrogens is 342 g/mol. The normalized spacial score (nSPS) is 15.6. The van der Waals surface area contributed by atoms with Gasteiger partial charge in [0.2, 0.25) is 0 Å². The minimum Gasteiger partial charge on any atom is -0.462 e. The lowest BCUT2D eigenvalue weighted by Gasteiger charge is -2.23. The van der Waals surface area contributed by atoms with Crippen molar-refractivity contribution >= 4 is 28.2 Å². The maximum Gasteiger partial charge on any atom is 0.350 e. The van der Waals surface area contributed by atoms with Crippen molar-refractivity contribution in [3.05, 3.63) is 26.4 Å². The summed E-state index contributed by atoms with van der Waals surface area (Å²) in [5, 5.41) is 0.536. The van der Waals surface area contributed by atoms with E-state index in [2.05, 4.69) is 4.98 Å². The van der Waals surface area contributed by atoms with Crippen molar-refractivity contribution in [1.29, 1.82) is 0 Å². The molecule has 1 N–H and O–H groups in total. The van der Waals surface area contributed by atoms with E-state index >= 15 is 0 Å². The van der Waals surface area contributed by atoms with E-state index < -0.39 is 5.97 Å². The number of thiophene rings is 1. The second kappa shape index (κ2) is 8.07. The van der Waals surface area contributed by atoms with Gasteiger partial charge in [0.25, 0.3) is 5.56 Å². The average molecular weight is 366 g/mol. The summed E-state index contributed by atoms with van der Waals surface area (Å²) in [4.78, 5) is 31.9. The fourth-order valence-corrected chi connectivity index (χ4v) is 4.12. The number of carbonyl (C=O) groups excluding carboxylic acids is 1. The Balaban J connectivity index is 1.76. The third-order valence-corrected chi connectivity index (χ3v) is 5.52. The molecule has 0 unspecified atom stereocenters. The zero-order valence-electron chi connectivity index (χ0n) is 14.7. The minimum absolute atomic E-state index is 0.0775. The van der Waals surface area contributed by atoms with Gasteiger partial charge in [0.15, 0.2) is 0 Å². The number of carbonyl (C=O) groups is 1. The van der Waals surface area contributed by atoms with Crippen LogP contribution < -0.4 is 10.5 Å². The maximum absolute atomic E-state index is 12.8. The van der Waals surface area contributed by atoms with Crippen molar-refractivity contribution in [2.24, 2.45) is 0 Å². The summed E-state index contributed by atoms with van der Waals surface area (Å²) >= 11 is 1.28. The fraction of sp³-hybridized carbons (Fsp3) is 0.588.